The molecule has 39 heavy (non-hydrogen) atoms. The second-order valence-corrected chi connectivity index (χ2v) is 9.44. The molecule has 0 spiro atoms. The number of amides is 2. The molecule has 0 bridgehead atoms. The minimum atomic E-state index is -0.204. The molecule has 2 heterocycles. The molecule has 1 aromatic heterocycles. The maximum Gasteiger partial charge on any atom is 0.258 e. The Morgan fingerprint density at radius 2 is 1.59 bits per heavy atom. The van der Waals surface area contributed by atoms with Gasteiger partial charge in [-0.05, 0) is 66.1 Å². The average molecular weight is 511 g/mol. The third-order valence-corrected chi connectivity index (χ3v) is 6.88. The number of hydrogen-bond acceptors (Lipinski definition) is 4. The number of pyridine rings is 1. The molecule has 190 valence electrons. The number of nitrogens with one attached hydrogen (secondary N) is 2. The van der Waals surface area contributed by atoms with E-state index in [1.54, 1.807) is 23.2 Å². The monoisotopic (exact) mass is 510 g/mol. The van der Waals surface area contributed by atoms with E-state index < -0.39 is 0 Å². The van der Waals surface area contributed by atoms with Gasteiger partial charge in [-0.15, -0.1) is 0 Å². The van der Waals surface area contributed by atoms with Crippen molar-refractivity contribution in [3.05, 3.63) is 138 Å². The maximum atomic E-state index is 13.9. The third kappa shape index (κ3) is 4.76. The van der Waals surface area contributed by atoms with Crippen molar-refractivity contribution in [2.45, 2.75) is 13.5 Å². The first-order valence-electron chi connectivity index (χ1n) is 12.8. The Kier molecular flexibility index (Phi) is 6.35. The summed E-state index contributed by atoms with van der Waals surface area (Å²) in [7, 11) is 0. The number of carbonyl (C=O) groups excluding carboxylic acids is 2. The van der Waals surface area contributed by atoms with Gasteiger partial charge in [-0.2, -0.15) is 0 Å². The molecule has 0 saturated heterocycles. The lowest BCUT2D eigenvalue weighted by Gasteiger charge is -2.23. The molecule has 2 N–H and O–H groups in total. The number of aromatic nitrogens is 1. The molecule has 1 aliphatic rings. The van der Waals surface area contributed by atoms with Crippen LogP contribution in [0.15, 0.2) is 115 Å². The zero-order valence-corrected chi connectivity index (χ0v) is 21.4. The van der Waals surface area contributed by atoms with Gasteiger partial charge in [0.15, 0.2) is 0 Å². The zero-order valence-electron chi connectivity index (χ0n) is 21.4. The maximum absolute atomic E-state index is 13.9. The Morgan fingerprint density at radius 3 is 2.44 bits per heavy atom. The van der Waals surface area contributed by atoms with Crippen LogP contribution in [0.4, 0.5) is 22.9 Å². The van der Waals surface area contributed by atoms with E-state index in [0.29, 0.717) is 23.4 Å². The van der Waals surface area contributed by atoms with Gasteiger partial charge in [-0.3, -0.25) is 9.59 Å². The predicted molar refractivity (Wildman–Crippen MR) is 155 cm³/mol. The number of rotatable bonds is 4. The second-order valence-electron chi connectivity index (χ2n) is 9.44. The van der Waals surface area contributed by atoms with Crippen LogP contribution in [0.25, 0.3) is 11.1 Å². The second kappa shape index (κ2) is 10.3. The SMILES string of the molecule is Cc1cc(NC(=O)c2ccccc2-c2ccccc2)ccc1C(=O)N1Cc2cccnc2Nc2ccccc21. The first kappa shape index (κ1) is 24.1. The Balaban J connectivity index is 1.28. The van der Waals surface area contributed by atoms with E-state index in [-0.39, 0.29) is 11.8 Å². The first-order valence-corrected chi connectivity index (χ1v) is 12.8. The number of para-hydroxylation sites is 2. The number of benzene rings is 4. The van der Waals surface area contributed by atoms with Crippen molar-refractivity contribution in [3.63, 3.8) is 0 Å². The molecule has 0 atom stereocenters. The van der Waals surface area contributed by atoms with Gasteiger partial charge in [0.1, 0.15) is 5.82 Å². The van der Waals surface area contributed by atoms with Crippen molar-refractivity contribution in [1.29, 1.82) is 0 Å². The van der Waals surface area contributed by atoms with Crippen molar-refractivity contribution in [3.8, 4) is 11.1 Å². The van der Waals surface area contributed by atoms with Crippen LogP contribution in [0.1, 0.15) is 31.8 Å². The fourth-order valence-electron chi connectivity index (χ4n) is 4.93. The van der Waals surface area contributed by atoms with Crippen LogP contribution in [-0.2, 0) is 6.54 Å². The lowest BCUT2D eigenvalue weighted by atomic mass is 9.99. The van der Waals surface area contributed by atoms with Gasteiger partial charge in [-0.1, -0.05) is 66.7 Å². The van der Waals surface area contributed by atoms with E-state index in [1.807, 2.05) is 104 Å². The summed E-state index contributed by atoms with van der Waals surface area (Å²) in [4.78, 5) is 33.4. The highest BCUT2D eigenvalue weighted by atomic mass is 16.2. The van der Waals surface area contributed by atoms with E-state index in [4.69, 9.17) is 0 Å². The topological polar surface area (TPSA) is 74.3 Å². The van der Waals surface area contributed by atoms with Crippen molar-refractivity contribution >= 4 is 34.7 Å². The van der Waals surface area contributed by atoms with Crippen LogP contribution in [0.5, 0.6) is 0 Å². The predicted octanol–water partition coefficient (Wildman–Crippen LogP) is 7.21. The van der Waals surface area contributed by atoms with Crippen LogP contribution in [-0.4, -0.2) is 16.8 Å². The molecule has 0 aliphatic carbocycles. The highest BCUT2D eigenvalue weighted by Gasteiger charge is 2.26. The molecule has 1 aliphatic heterocycles. The van der Waals surface area contributed by atoms with Crippen molar-refractivity contribution in [1.82, 2.24) is 4.98 Å². The molecule has 0 saturated carbocycles. The number of nitrogens with zero attached hydrogens (tertiary/aromatic N) is 2. The van der Waals surface area contributed by atoms with Crippen LogP contribution < -0.4 is 15.5 Å². The summed E-state index contributed by atoms with van der Waals surface area (Å²) in [5.41, 5.74) is 6.94. The lowest BCUT2D eigenvalue weighted by molar-refractivity contribution is 0.0983. The molecule has 6 heteroatoms. The molecular weight excluding hydrogens is 484 g/mol. The zero-order chi connectivity index (χ0) is 26.8. The van der Waals surface area contributed by atoms with Crippen molar-refractivity contribution in [2.75, 3.05) is 15.5 Å². The van der Waals surface area contributed by atoms with Crippen LogP contribution in [0.2, 0.25) is 0 Å². The highest BCUT2D eigenvalue weighted by Crippen LogP contribution is 2.36. The normalized spacial score (nSPS) is 12.0. The summed E-state index contributed by atoms with van der Waals surface area (Å²) in [5.74, 6) is 0.418. The minimum absolute atomic E-state index is 0.120. The number of carbonyl (C=O) groups is 2. The molecule has 6 nitrogen and oxygen atoms in total. The number of anilines is 4. The molecule has 4 aromatic carbocycles. The molecular formula is C33H26N4O2. The van der Waals surface area contributed by atoms with E-state index in [2.05, 4.69) is 15.6 Å². The molecule has 5 aromatic rings. The summed E-state index contributed by atoms with van der Waals surface area (Å²) in [6.07, 6.45) is 1.74. The Bertz CT molecular complexity index is 1700. The molecule has 6 rings (SSSR count). The van der Waals surface area contributed by atoms with Crippen LogP contribution in [0, 0.1) is 6.92 Å². The summed E-state index contributed by atoms with van der Waals surface area (Å²) < 4.78 is 0. The third-order valence-electron chi connectivity index (χ3n) is 6.88. The van der Waals surface area contributed by atoms with E-state index in [9.17, 15) is 9.59 Å². The largest absolute Gasteiger partial charge is 0.338 e. The summed E-state index contributed by atoms with van der Waals surface area (Å²) in [5, 5.41) is 6.38. The van der Waals surface area contributed by atoms with Gasteiger partial charge in [0.25, 0.3) is 11.8 Å². The molecule has 0 unspecified atom stereocenters. The quantitative estimate of drug-likeness (QED) is 0.268. The van der Waals surface area contributed by atoms with Crippen LogP contribution >= 0.6 is 0 Å². The highest BCUT2D eigenvalue weighted by molar-refractivity contribution is 6.11. The average Bonchev–Trinajstić information content (AvgIpc) is 3.14. The van der Waals surface area contributed by atoms with E-state index >= 15 is 0 Å². The lowest BCUT2D eigenvalue weighted by Crippen LogP contribution is -2.30. The standard InChI is InChI=1S/C33H26N4O2/c1-22-20-25(35-32(38)28-14-6-5-13-27(28)23-10-3-2-4-11-23)17-18-26(22)33(39)37-21-24-12-9-19-34-31(24)36-29-15-7-8-16-30(29)37/h2-20H,21H2,1H3,(H,34,36)(H,35,38). The smallest absolute Gasteiger partial charge is 0.258 e. The van der Waals surface area contributed by atoms with Gasteiger partial charge < -0.3 is 15.5 Å². The summed E-state index contributed by atoms with van der Waals surface area (Å²) in [6, 6.07) is 34.4. The Morgan fingerprint density at radius 1 is 0.821 bits per heavy atom. The molecule has 0 fully saturated rings. The van der Waals surface area contributed by atoms with Gasteiger partial charge in [0, 0.05) is 28.6 Å². The van der Waals surface area contributed by atoms with E-state index in [1.165, 1.54) is 0 Å². The van der Waals surface area contributed by atoms with E-state index in [0.717, 1.165) is 39.4 Å². The van der Waals surface area contributed by atoms with Gasteiger partial charge in [-0.25, -0.2) is 4.98 Å². The fourth-order valence-corrected chi connectivity index (χ4v) is 4.93. The minimum Gasteiger partial charge on any atom is -0.338 e. The van der Waals surface area contributed by atoms with Crippen molar-refractivity contribution < 1.29 is 9.59 Å². The van der Waals surface area contributed by atoms with Gasteiger partial charge >= 0.3 is 0 Å². The van der Waals surface area contributed by atoms with Gasteiger partial charge in [0.2, 0.25) is 0 Å². The fraction of sp³-hybridized carbons (Fsp3) is 0.0606. The number of aryl methyl sites for hydroxylation is 1. The first-order chi connectivity index (χ1) is 19.1. The van der Waals surface area contributed by atoms with Gasteiger partial charge in [0.05, 0.1) is 17.9 Å². The van der Waals surface area contributed by atoms with Crippen LogP contribution in [0.3, 0.4) is 0 Å². The number of fused-ring (bicyclic) bond motifs is 2. The Labute approximate surface area is 227 Å². The molecule has 2 amide bonds. The Hall–Kier alpha value is -5.23. The summed E-state index contributed by atoms with van der Waals surface area (Å²) >= 11 is 0. The summed E-state index contributed by atoms with van der Waals surface area (Å²) in [6.45, 7) is 2.28. The number of hydrogen-bond donors (Lipinski definition) is 2. The molecule has 0 radical (unpaired) electrons. The van der Waals surface area contributed by atoms with Crippen molar-refractivity contribution in [2.24, 2.45) is 0 Å².